The van der Waals surface area contributed by atoms with Crippen LogP contribution in [0.3, 0.4) is 0 Å². The van der Waals surface area contributed by atoms with Crippen LogP contribution in [0.5, 0.6) is 0 Å². The third-order valence-electron chi connectivity index (χ3n) is 3.84. The summed E-state index contributed by atoms with van der Waals surface area (Å²) in [5, 5.41) is 9.45. The van der Waals surface area contributed by atoms with Crippen LogP contribution in [0.4, 0.5) is 0 Å². The number of aromatic amines is 1. The van der Waals surface area contributed by atoms with Crippen LogP contribution in [0.2, 0.25) is 0 Å². The predicted molar refractivity (Wildman–Crippen MR) is 73.0 cm³/mol. The summed E-state index contributed by atoms with van der Waals surface area (Å²) in [6.07, 6.45) is 3.34. The number of nitrogens with zero attached hydrogens (tertiary/aromatic N) is 2. The Balaban J connectivity index is 2.36. The molecule has 19 heavy (non-hydrogen) atoms. The molecule has 0 unspecified atom stereocenters. The van der Waals surface area contributed by atoms with Crippen molar-refractivity contribution in [2.45, 2.75) is 40.0 Å². The smallest absolute Gasteiger partial charge is 0.310 e. The first-order valence-corrected chi connectivity index (χ1v) is 6.55. The van der Waals surface area contributed by atoms with E-state index in [0.29, 0.717) is 30.7 Å². The van der Waals surface area contributed by atoms with Gasteiger partial charge in [-0.2, -0.15) is 0 Å². The highest BCUT2D eigenvalue weighted by Gasteiger charge is 2.36. The highest BCUT2D eigenvalue weighted by atomic mass is 16.4. The molecule has 2 N–H and O–H groups in total. The molecule has 2 aromatic heterocycles. The molecule has 0 aliphatic heterocycles. The Morgan fingerprint density at radius 3 is 2.68 bits per heavy atom. The number of hydrogen-bond acceptors (Lipinski definition) is 3. The lowest BCUT2D eigenvalue weighted by Crippen LogP contribution is -2.32. The van der Waals surface area contributed by atoms with Crippen molar-refractivity contribution in [3.63, 3.8) is 0 Å². The van der Waals surface area contributed by atoms with Gasteiger partial charge in [0.2, 0.25) is 0 Å². The van der Waals surface area contributed by atoms with E-state index in [4.69, 9.17) is 0 Å². The summed E-state index contributed by atoms with van der Waals surface area (Å²) in [6.45, 7) is 5.78. The number of hydrogen-bond donors (Lipinski definition) is 2. The van der Waals surface area contributed by atoms with Crippen molar-refractivity contribution in [2.75, 3.05) is 0 Å². The zero-order valence-corrected chi connectivity index (χ0v) is 11.5. The van der Waals surface area contributed by atoms with Crippen LogP contribution in [0.25, 0.3) is 11.2 Å². The van der Waals surface area contributed by atoms with Gasteiger partial charge in [0, 0.05) is 12.6 Å². The number of imidazole rings is 1. The summed E-state index contributed by atoms with van der Waals surface area (Å²) in [5.41, 5.74) is 1.81. The van der Waals surface area contributed by atoms with Crippen LogP contribution < -0.4 is 0 Å². The van der Waals surface area contributed by atoms with Crippen LogP contribution in [0.15, 0.2) is 12.3 Å². The van der Waals surface area contributed by atoms with Gasteiger partial charge in [0.05, 0.1) is 10.9 Å². The first kappa shape index (κ1) is 13.5. The molecule has 0 fully saturated rings. The Kier molecular flexibility index (Phi) is 3.55. The monoisotopic (exact) mass is 261 g/mol. The molecule has 0 spiro atoms. The van der Waals surface area contributed by atoms with E-state index in [-0.39, 0.29) is 0 Å². The van der Waals surface area contributed by atoms with Crippen molar-refractivity contribution in [1.29, 1.82) is 0 Å². The fraction of sp³-hybridized carbons (Fsp3) is 0.500. The molecule has 5 nitrogen and oxygen atoms in total. The average molecular weight is 261 g/mol. The Morgan fingerprint density at radius 2 is 2.11 bits per heavy atom. The van der Waals surface area contributed by atoms with E-state index >= 15 is 0 Å². The van der Waals surface area contributed by atoms with Crippen molar-refractivity contribution in [3.8, 4) is 0 Å². The van der Waals surface area contributed by atoms with E-state index < -0.39 is 11.4 Å². The number of aliphatic carboxylic acids is 1. The Bertz CT molecular complexity index is 600. The number of carbonyl (C=O) groups is 1. The molecule has 2 aromatic rings. The van der Waals surface area contributed by atoms with Gasteiger partial charge < -0.3 is 10.1 Å². The highest BCUT2D eigenvalue weighted by Crippen LogP contribution is 2.31. The van der Waals surface area contributed by atoms with Gasteiger partial charge in [0.1, 0.15) is 5.82 Å². The number of pyridine rings is 1. The van der Waals surface area contributed by atoms with E-state index in [1.165, 1.54) is 0 Å². The summed E-state index contributed by atoms with van der Waals surface area (Å²) >= 11 is 0. The average Bonchev–Trinajstić information content (AvgIpc) is 2.77. The van der Waals surface area contributed by atoms with E-state index in [2.05, 4.69) is 15.0 Å². The highest BCUT2D eigenvalue weighted by molar-refractivity contribution is 5.75. The number of H-pyrrole nitrogens is 1. The SMILES string of the molecule is CCC(CC)(Cc1nc2ncc(C)cc2[nH]1)C(=O)O. The molecular formula is C14H19N3O2. The van der Waals surface area contributed by atoms with E-state index in [1.54, 1.807) is 6.20 Å². The second kappa shape index (κ2) is 4.99. The summed E-state index contributed by atoms with van der Waals surface area (Å²) in [7, 11) is 0. The molecular weight excluding hydrogens is 242 g/mol. The molecule has 0 aromatic carbocycles. The molecule has 5 heteroatoms. The Morgan fingerprint density at radius 1 is 1.42 bits per heavy atom. The van der Waals surface area contributed by atoms with E-state index in [9.17, 15) is 9.90 Å². The zero-order chi connectivity index (χ0) is 14.0. The molecule has 0 amide bonds. The lowest BCUT2D eigenvalue weighted by Gasteiger charge is -2.25. The quantitative estimate of drug-likeness (QED) is 0.867. The summed E-state index contributed by atoms with van der Waals surface area (Å²) in [5.74, 6) is -0.0682. The number of rotatable bonds is 5. The van der Waals surface area contributed by atoms with Crippen molar-refractivity contribution in [2.24, 2.45) is 5.41 Å². The minimum atomic E-state index is -0.762. The minimum absolute atomic E-state index is 0.407. The number of aromatic nitrogens is 3. The Labute approximate surface area is 112 Å². The van der Waals surface area contributed by atoms with Crippen molar-refractivity contribution in [1.82, 2.24) is 15.0 Å². The maximum absolute atomic E-state index is 11.5. The lowest BCUT2D eigenvalue weighted by atomic mass is 9.79. The second-order valence-corrected chi connectivity index (χ2v) is 5.04. The molecule has 2 rings (SSSR count). The van der Waals surface area contributed by atoms with Gasteiger partial charge in [-0.25, -0.2) is 9.97 Å². The van der Waals surface area contributed by atoms with Gasteiger partial charge in [-0.15, -0.1) is 0 Å². The fourth-order valence-electron chi connectivity index (χ4n) is 2.34. The molecule has 102 valence electrons. The van der Waals surface area contributed by atoms with Crippen LogP contribution in [-0.4, -0.2) is 26.0 Å². The maximum atomic E-state index is 11.5. The van der Waals surface area contributed by atoms with Gasteiger partial charge in [0.15, 0.2) is 5.65 Å². The van der Waals surface area contributed by atoms with Crippen LogP contribution in [-0.2, 0) is 11.2 Å². The summed E-state index contributed by atoms with van der Waals surface area (Å²) < 4.78 is 0. The fourth-order valence-corrected chi connectivity index (χ4v) is 2.34. The zero-order valence-electron chi connectivity index (χ0n) is 11.5. The summed E-state index contributed by atoms with van der Waals surface area (Å²) in [4.78, 5) is 23.3. The number of carboxylic acid groups (broad SMARTS) is 1. The lowest BCUT2D eigenvalue weighted by molar-refractivity contribution is -0.149. The van der Waals surface area contributed by atoms with Gasteiger partial charge in [0.25, 0.3) is 0 Å². The molecule has 0 radical (unpaired) electrons. The first-order chi connectivity index (χ1) is 9.00. The minimum Gasteiger partial charge on any atom is -0.481 e. The number of fused-ring (bicyclic) bond motifs is 1. The molecule has 0 saturated carbocycles. The largest absolute Gasteiger partial charge is 0.481 e. The second-order valence-electron chi connectivity index (χ2n) is 5.04. The molecule has 0 bridgehead atoms. The molecule has 0 saturated heterocycles. The molecule has 2 heterocycles. The van der Waals surface area contributed by atoms with E-state index in [0.717, 1.165) is 11.1 Å². The van der Waals surface area contributed by atoms with Crippen LogP contribution in [0.1, 0.15) is 38.1 Å². The van der Waals surface area contributed by atoms with Crippen molar-refractivity contribution >= 4 is 17.1 Å². The van der Waals surface area contributed by atoms with Gasteiger partial charge in [-0.1, -0.05) is 13.8 Å². The predicted octanol–water partition coefficient (Wildman–Crippen LogP) is 2.70. The molecule has 0 aliphatic rings. The molecule has 0 aliphatic carbocycles. The Hall–Kier alpha value is -1.91. The topological polar surface area (TPSA) is 78.9 Å². The standard InChI is InChI=1S/C14H19N3O2/c1-4-14(5-2,13(18)19)7-11-16-10-6-9(3)8-15-12(10)17-11/h6,8H,4-5,7H2,1-3H3,(H,18,19)(H,15,16,17). The number of nitrogens with one attached hydrogen (secondary N) is 1. The maximum Gasteiger partial charge on any atom is 0.310 e. The van der Waals surface area contributed by atoms with Crippen molar-refractivity contribution < 1.29 is 9.90 Å². The summed E-state index contributed by atoms with van der Waals surface area (Å²) in [6, 6.07) is 1.97. The molecule has 0 atom stereocenters. The third-order valence-corrected chi connectivity index (χ3v) is 3.84. The van der Waals surface area contributed by atoms with Crippen LogP contribution in [0, 0.1) is 12.3 Å². The van der Waals surface area contributed by atoms with E-state index in [1.807, 2.05) is 26.8 Å². The number of aryl methyl sites for hydroxylation is 1. The third kappa shape index (κ3) is 2.45. The van der Waals surface area contributed by atoms with Gasteiger partial charge in [-0.3, -0.25) is 4.79 Å². The first-order valence-electron chi connectivity index (χ1n) is 6.55. The van der Waals surface area contributed by atoms with Crippen LogP contribution >= 0.6 is 0 Å². The number of carboxylic acids is 1. The van der Waals surface area contributed by atoms with Crippen molar-refractivity contribution in [3.05, 3.63) is 23.7 Å². The van der Waals surface area contributed by atoms with Gasteiger partial charge in [-0.05, 0) is 31.4 Å². The van der Waals surface area contributed by atoms with Gasteiger partial charge >= 0.3 is 5.97 Å². The normalized spacial score (nSPS) is 11.9.